The Morgan fingerprint density at radius 3 is 2.88 bits per heavy atom. The molecule has 0 atom stereocenters. The molecule has 3 heterocycles. The normalized spacial score (nSPS) is 10.9. The maximum atomic E-state index is 12.0. The lowest BCUT2D eigenvalue weighted by Gasteiger charge is -2.07. The lowest BCUT2D eigenvalue weighted by atomic mass is 10.1. The largest absolute Gasteiger partial charge is 0.334 e. The van der Waals surface area contributed by atoms with Gasteiger partial charge in [0.05, 0.1) is 6.54 Å². The summed E-state index contributed by atoms with van der Waals surface area (Å²) in [6.07, 6.45) is 1.47. The van der Waals surface area contributed by atoms with Crippen LogP contribution in [0.15, 0.2) is 48.1 Å². The van der Waals surface area contributed by atoms with Crippen molar-refractivity contribution in [1.82, 2.24) is 25.8 Å². The van der Waals surface area contributed by atoms with Crippen LogP contribution >= 0.6 is 22.7 Å². The van der Waals surface area contributed by atoms with Crippen molar-refractivity contribution in [2.24, 2.45) is 0 Å². The van der Waals surface area contributed by atoms with Gasteiger partial charge in [-0.05, 0) is 29.1 Å². The highest BCUT2D eigenvalue weighted by molar-refractivity contribution is 7.26. The van der Waals surface area contributed by atoms with Crippen LogP contribution < -0.4 is 10.6 Å². The Bertz CT molecular complexity index is 961. The zero-order valence-corrected chi connectivity index (χ0v) is 14.8. The van der Waals surface area contributed by atoms with Crippen LogP contribution in [0.5, 0.6) is 0 Å². The number of H-pyrrole nitrogens is 1. The number of rotatable bonds is 5. The summed E-state index contributed by atoms with van der Waals surface area (Å²) in [5.74, 6) is 0.712. The molecule has 2 amide bonds. The first-order valence-electron chi connectivity index (χ1n) is 7.70. The van der Waals surface area contributed by atoms with E-state index in [9.17, 15) is 4.79 Å². The number of carbonyl (C=O) groups is 1. The first kappa shape index (κ1) is 15.8. The van der Waals surface area contributed by atoms with Gasteiger partial charge in [-0.1, -0.05) is 18.2 Å². The molecule has 4 aromatic rings. The molecule has 0 fully saturated rings. The molecule has 0 bridgehead atoms. The number of aromatic nitrogens is 3. The minimum atomic E-state index is -0.179. The number of aromatic amines is 1. The molecular formula is C17H15N5OS2. The number of carbonyl (C=O) groups excluding carboxylic acids is 1. The van der Waals surface area contributed by atoms with Crippen LogP contribution in [-0.2, 0) is 13.1 Å². The van der Waals surface area contributed by atoms with Gasteiger partial charge in [0.2, 0.25) is 0 Å². The SMILES string of the molecule is O=C(NCc1cccc(-c2ncn[nH]2)c1)NCc1cc2sccc2s1. The second-order valence-electron chi connectivity index (χ2n) is 5.43. The number of fused-ring (bicyclic) bond motifs is 1. The zero-order chi connectivity index (χ0) is 17.1. The Balaban J connectivity index is 1.31. The van der Waals surface area contributed by atoms with Crippen molar-refractivity contribution in [3.05, 3.63) is 58.5 Å². The van der Waals surface area contributed by atoms with Crippen molar-refractivity contribution in [2.45, 2.75) is 13.1 Å². The maximum Gasteiger partial charge on any atom is 0.315 e. The summed E-state index contributed by atoms with van der Waals surface area (Å²) in [5, 5.41) is 14.5. The smallest absolute Gasteiger partial charge is 0.315 e. The number of hydrogen-bond acceptors (Lipinski definition) is 5. The van der Waals surface area contributed by atoms with Crippen molar-refractivity contribution < 1.29 is 4.79 Å². The number of nitrogens with one attached hydrogen (secondary N) is 3. The predicted octanol–water partition coefficient (Wildman–Crippen LogP) is 3.75. The molecule has 0 aliphatic carbocycles. The van der Waals surface area contributed by atoms with Crippen molar-refractivity contribution in [2.75, 3.05) is 0 Å². The summed E-state index contributed by atoms with van der Waals surface area (Å²) < 4.78 is 2.54. The van der Waals surface area contributed by atoms with Gasteiger partial charge >= 0.3 is 6.03 Å². The molecule has 8 heteroatoms. The van der Waals surface area contributed by atoms with Gasteiger partial charge < -0.3 is 10.6 Å². The molecule has 0 radical (unpaired) electrons. The third-order valence-corrected chi connectivity index (χ3v) is 5.78. The maximum absolute atomic E-state index is 12.0. The van der Waals surface area contributed by atoms with Crippen LogP contribution in [0.2, 0.25) is 0 Å². The molecular weight excluding hydrogens is 354 g/mol. The van der Waals surface area contributed by atoms with Crippen molar-refractivity contribution in [3.63, 3.8) is 0 Å². The Hall–Kier alpha value is -2.71. The second kappa shape index (κ2) is 7.04. The summed E-state index contributed by atoms with van der Waals surface area (Å²) >= 11 is 3.43. The number of amides is 2. The third kappa shape index (κ3) is 3.70. The van der Waals surface area contributed by atoms with Gasteiger partial charge in [-0.2, -0.15) is 5.10 Å². The number of urea groups is 1. The van der Waals surface area contributed by atoms with E-state index in [-0.39, 0.29) is 6.03 Å². The van der Waals surface area contributed by atoms with Crippen LogP contribution in [-0.4, -0.2) is 21.2 Å². The van der Waals surface area contributed by atoms with Crippen LogP contribution in [0, 0.1) is 0 Å². The number of nitrogens with zero attached hydrogens (tertiary/aromatic N) is 2. The summed E-state index contributed by atoms with van der Waals surface area (Å²) in [4.78, 5) is 17.3. The molecule has 0 aliphatic heterocycles. The van der Waals surface area contributed by atoms with Gasteiger partial charge in [0, 0.05) is 26.4 Å². The summed E-state index contributed by atoms with van der Waals surface area (Å²) in [7, 11) is 0. The molecule has 4 rings (SSSR count). The van der Waals surface area contributed by atoms with E-state index in [0.29, 0.717) is 18.9 Å². The summed E-state index contributed by atoms with van der Waals surface area (Å²) in [6, 6.07) is 11.9. The van der Waals surface area contributed by atoms with Crippen molar-refractivity contribution in [1.29, 1.82) is 0 Å². The van der Waals surface area contributed by atoms with E-state index < -0.39 is 0 Å². The minimum Gasteiger partial charge on any atom is -0.334 e. The van der Waals surface area contributed by atoms with Gasteiger partial charge in [0.1, 0.15) is 6.33 Å². The quantitative estimate of drug-likeness (QED) is 0.501. The Morgan fingerprint density at radius 2 is 2.04 bits per heavy atom. The molecule has 3 aromatic heterocycles. The molecule has 0 saturated carbocycles. The average molecular weight is 369 g/mol. The van der Waals surface area contributed by atoms with Crippen LogP contribution in [0.3, 0.4) is 0 Å². The lowest BCUT2D eigenvalue weighted by molar-refractivity contribution is 0.240. The molecule has 6 nitrogen and oxygen atoms in total. The topological polar surface area (TPSA) is 82.7 Å². The first-order chi connectivity index (χ1) is 12.3. The van der Waals surface area contributed by atoms with E-state index in [1.807, 2.05) is 24.3 Å². The minimum absolute atomic E-state index is 0.179. The van der Waals surface area contributed by atoms with E-state index in [1.54, 1.807) is 22.7 Å². The van der Waals surface area contributed by atoms with E-state index in [2.05, 4.69) is 43.3 Å². The predicted molar refractivity (Wildman–Crippen MR) is 101 cm³/mol. The number of thiophene rings is 2. The molecule has 0 aliphatic rings. The van der Waals surface area contributed by atoms with Crippen LogP contribution in [0.25, 0.3) is 20.8 Å². The van der Waals surface area contributed by atoms with Crippen molar-refractivity contribution >= 4 is 38.1 Å². The van der Waals surface area contributed by atoms with Gasteiger partial charge in [0.25, 0.3) is 0 Å². The van der Waals surface area contributed by atoms with E-state index >= 15 is 0 Å². The van der Waals surface area contributed by atoms with Gasteiger partial charge in [-0.15, -0.1) is 22.7 Å². The number of hydrogen-bond donors (Lipinski definition) is 3. The highest BCUT2D eigenvalue weighted by Gasteiger charge is 2.06. The molecule has 3 N–H and O–H groups in total. The fraction of sp³-hybridized carbons (Fsp3) is 0.118. The third-order valence-electron chi connectivity index (χ3n) is 3.68. The standard InChI is InChI=1S/C17H15N5OS2/c23-17(19-9-13-7-15-14(25-13)4-5-24-15)18-8-11-2-1-3-12(6-11)16-20-10-21-22-16/h1-7,10H,8-9H2,(H2,18,19,23)(H,20,21,22). The first-order valence-corrected chi connectivity index (χ1v) is 9.40. The van der Waals surface area contributed by atoms with Gasteiger partial charge in [-0.3, -0.25) is 5.10 Å². The zero-order valence-electron chi connectivity index (χ0n) is 13.2. The Labute approximate surface area is 151 Å². The molecule has 126 valence electrons. The monoisotopic (exact) mass is 369 g/mol. The Kier molecular flexibility index (Phi) is 4.45. The van der Waals surface area contributed by atoms with Gasteiger partial charge in [0.15, 0.2) is 5.82 Å². The average Bonchev–Trinajstić information content (AvgIpc) is 3.35. The second-order valence-corrected chi connectivity index (χ2v) is 7.55. The van der Waals surface area contributed by atoms with E-state index in [4.69, 9.17) is 0 Å². The highest BCUT2D eigenvalue weighted by atomic mass is 32.1. The van der Waals surface area contributed by atoms with Crippen LogP contribution in [0.4, 0.5) is 4.79 Å². The highest BCUT2D eigenvalue weighted by Crippen LogP contribution is 2.29. The lowest BCUT2D eigenvalue weighted by Crippen LogP contribution is -2.34. The van der Waals surface area contributed by atoms with Gasteiger partial charge in [-0.25, -0.2) is 9.78 Å². The van der Waals surface area contributed by atoms with Crippen molar-refractivity contribution in [3.8, 4) is 11.4 Å². The number of benzene rings is 1. The fourth-order valence-corrected chi connectivity index (χ4v) is 4.56. The summed E-state index contributed by atoms with van der Waals surface area (Å²) in [5.41, 5.74) is 1.94. The molecule has 0 saturated heterocycles. The molecule has 1 aromatic carbocycles. The van der Waals surface area contributed by atoms with E-state index in [0.717, 1.165) is 16.0 Å². The molecule has 25 heavy (non-hydrogen) atoms. The van der Waals surface area contributed by atoms with Crippen LogP contribution in [0.1, 0.15) is 10.4 Å². The molecule has 0 spiro atoms. The Morgan fingerprint density at radius 1 is 1.12 bits per heavy atom. The fourth-order valence-electron chi connectivity index (χ4n) is 2.49. The molecule has 0 unspecified atom stereocenters. The summed E-state index contributed by atoms with van der Waals surface area (Å²) in [6.45, 7) is 0.989. The van der Waals surface area contributed by atoms with E-state index in [1.165, 1.54) is 15.7 Å².